The standard InChI is InChI=1S/C24H31N3O2/c1-2-3-4-5-6-9-19-12-14-20(15-13-19)23(29)18-27-22-11-8-7-10-21(22)26-24(27)25-16-17-28/h7-8,10-15,28H,2-6,9,16-18H2,1H3,(H,25,26)/p+1. The maximum Gasteiger partial charge on any atom is 0.356 e. The first-order chi connectivity index (χ1) is 14.2. The van der Waals surface area contributed by atoms with Crippen LogP contribution >= 0.6 is 0 Å². The average Bonchev–Trinajstić information content (AvgIpc) is 3.10. The number of ketones is 1. The minimum absolute atomic E-state index is 0.0310. The van der Waals surface area contributed by atoms with E-state index in [9.17, 15) is 4.79 Å². The van der Waals surface area contributed by atoms with E-state index in [1.165, 1.54) is 37.7 Å². The summed E-state index contributed by atoms with van der Waals surface area (Å²) in [4.78, 5) is 16.2. The van der Waals surface area contributed by atoms with Crippen molar-refractivity contribution < 1.29 is 14.5 Å². The van der Waals surface area contributed by atoms with Crippen molar-refractivity contribution in [3.63, 3.8) is 0 Å². The van der Waals surface area contributed by atoms with Crippen molar-refractivity contribution in [2.24, 2.45) is 0 Å². The molecular formula is C24H32N3O2+. The van der Waals surface area contributed by atoms with E-state index in [0.29, 0.717) is 6.54 Å². The Morgan fingerprint density at radius 1 is 1.03 bits per heavy atom. The zero-order chi connectivity index (χ0) is 20.5. The Morgan fingerprint density at radius 3 is 2.55 bits per heavy atom. The second-order valence-corrected chi connectivity index (χ2v) is 7.51. The number of fused-ring (bicyclic) bond motifs is 1. The number of aliphatic hydroxyl groups is 1. The highest BCUT2D eigenvalue weighted by atomic mass is 16.3. The topological polar surface area (TPSA) is 69.0 Å². The summed E-state index contributed by atoms with van der Waals surface area (Å²) < 4.78 is 1.94. The first-order valence-corrected chi connectivity index (χ1v) is 10.7. The van der Waals surface area contributed by atoms with Gasteiger partial charge in [-0.15, -0.1) is 0 Å². The predicted octanol–water partition coefficient (Wildman–Crippen LogP) is 4.26. The minimum Gasteiger partial charge on any atom is -0.393 e. The summed E-state index contributed by atoms with van der Waals surface area (Å²) in [5.74, 6) is 0.804. The van der Waals surface area contributed by atoms with Gasteiger partial charge in [-0.3, -0.25) is 10.1 Å². The second-order valence-electron chi connectivity index (χ2n) is 7.51. The lowest BCUT2D eigenvalue weighted by atomic mass is 10.0. The summed E-state index contributed by atoms with van der Waals surface area (Å²) in [5.41, 5.74) is 3.94. The molecule has 3 rings (SSSR count). The van der Waals surface area contributed by atoms with Crippen LogP contribution in [0.15, 0.2) is 48.5 Å². The number of aromatic amines is 1. The number of aryl methyl sites for hydroxylation is 1. The van der Waals surface area contributed by atoms with Gasteiger partial charge in [0.15, 0.2) is 5.78 Å². The molecular weight excluding hydrogens is 362 g/mol. The molecule has 0 unspecified atom stereocenters. The normalized spacial score (nSPS) is 11.1. The Morgan fingerprint density at radius 2 is 1.79 bits per heavy atom. The first kappa shape index (κ1) is 21.1. The molecule has 0 aliphatic rings. The van der Waals surface area contributed by atoms with Crippen LogP contribution in [0.2, 0.25) is 0 Å². The van der Waals surface area contributed by atoms with Crippen molar-refractivity contribution in [3.05, 3.63) is 59.7 Å². The number of benzene rings is 2. The van der Waals surface area contributed by atoms with Crippen LogP contribution in [0.25, 0.3) is 11.0 Å². The Balaban J connectivity index is 1.67. The molecule has 0 amide bonds. The van der Waals surface area contributed by atoms with E-state index in [1.807, 2.05) is 41.0 Å². The molecule has 29 heavy (non-hydrogen) atoms. The van der Waals surface area contributed by atoms with Gasteiger partial charge in [-0.25, -0.2) is 9.55 Å². The highest BCUT2D eigenvalue weighted by Gasteiger charge is 2.20. The lowest BCUT2D eigenvalue weighted by molar-refractivity contribution is -0.642. The van der Waals surface area contributed by atoms with Gasteiger partial charge in [0, 0.05) is 5.56 Å². The number of nitrogens with one attached hydrogen (secondary N) is 2. The van der Waals surface area contributed by atoms with Crippen LogP contribution in [-0.4, -0.2) is 29.0 Å². The van der Waals surface area contributed by atoms with Crippen LogP contribution in [-0.2, 0) is 13.0 Å². The van der Waals surface area contributed by atoms with Gasteiger partial charge in [-0.1, -0.05) is 69.0 Å². The van der Waals surface area contributed by atoms with E-state index < -0.39 is 0 Å². The third-order valence-corrected chi connectivity index (χ3v) is 5.27. The molecule has 0 spiro atoms. The molecule has 1 heterocycles. The number of unbranched alkanes of at least 4 members (excludes halogenated alkanes) is 4. The summed E-state index contributed by atoms with van der Waals surface area (Å²) >= 11 is 0. The maximum absolute atomic E-state index is 12.9. The zero-order valence-electron chi connectivity index (χ0n) is 17.3. The summed E-state index contributed by atoms with van der Waals surface area (Å²) in [6, 6.07) is 15.9. The fourth-order valence-electron chi connectivity index (χ4n) is 3.63. The third kappa shape index (κ3) is 5.67. The van der Waals surface area contributed by atoms with Crippen molar-refractivity contribution in [1.29, 1.82) is 0 Å². The minimum atomic E-state index is 0.0310. The number of aromatic nitrogens is 2. The molecule has 0 aliphatic heterocycles. The van der Waals surface area contributed by atoms with E-state index in [1.54, 1.807) is 0 Å². The SMILES string of the molecule is CCCCCCCc1ccc(C(=O)C[n+]2c(NCCO)[nH]c3ccccc32)cc1. The number of hydrogen-bond acceptors (Lipinski definition) is 3. The molecule has 5 nitrogen and oxygen atoms in total. The van der Waals surface area contributed by atoms with Gasteiger partial charge < -0.3 is 5.11 Å². The molecule has 154 valence electrons. The fraction of sp³-hybridized carbons (Fsp3) is 0.417. The van der Waals surface area contributed by atoms with Crippen LogP contribution < -0.4 is 9.88 Å². The number of H-pyrrole nitrogens is 1. The highest BCUT2D eigenvalue weighted by molar-refractivity contribution is 5.95. The van der Waals surface area contributed by atoms with Crippen molar-refractivity contribution in [2.75, 3.05) is 18.5 Å². The highest BCUT2D eigenvalue weighted by Crippen LogP contribution is 2.14. The quantitative estimate of drug-likeness (QED) is 0.244. The molecule has 1 aromatic heterocycles. The van der Waals surface area contributed by atoms with Crippen molar-refractivity contribution in [3.8, 4) is 0 Å². The monoisotopic (exact) mass is 394 g/mol. The fourth-order valence-corrected chi connectivity index (χ4v) is 3.63. The number of nitrogens with zero attached hydrogens (tertiary/aromatic N) is 1. The number of carbonyl (C=O) groups is 1. The van der Waals surface area contributed by atoms with Gasteiger partial charge in [-0.2, -0.15) is 0 Å². The van der Waals surface area contributed by atoms with E-state index in [-0.39, 0.29) is 18.9 Å². The molecule has 3 aromatic rings. The van der Waals surface area contributed by atoms with Gasteiger partial charge in [0.1, 0.15) is 17.6 Å². The van der Waals surface area contributed by atoms with E-state index in [2.05, 4.69) is 29.4 Å². The van der Waals surface area contributed by atoms with Crippen LogP contribution in [0, 0.1) is 0 Å². The van der Waals surface area contributed by atoms with Crippen molar-refractivity contribution in [1.82, 2.24) is 4.98 Å². The molecule has 3 N–H and O–H groups in total. The van der Waals surface area contributed by atoms with Gasteiger partial charge in [-0.05, 0) is 30.5 Å². The molecule has 0 aliphatic carbocycles. The number of carbonyl (C=O) groups excluding carboxylic acids is 1. The Labute approximate surface area is 172 Å². The number of para-hydroxylation sites is 2. The van der Waals surface area contributed by atoms with Crippen LogP contribution in [0.5, 0.6) is 0 Å². The molecule has 0 saturated carbocycles. The van der Waals surface area contributed by atoms with Gasteiger partial charge in [0.2, 0.25) is 0 Å². The number of anilines is 1. The molecule has 0 bridgehead atoms. The number of imidazole rings is 1. The second kappa shape index (κ2) is 10.8. The number of hydrogen-bond donors (Lipinski definition) is 3. The lowest BCUT2D eigenvalue weighted by Gasteiger charge is -2.06. The number of Topliss-reactive ketones (excluding diaryl/α,β-unsaturated/α-hetero) is 1. The van der Waals surface area contributed by atoms with Crippen LogP contribution in [0.3, 0.4) is 0 Å². The molecule has 5 heteroatoms. The molecule has 0 atom stereocenters. The molecule has 0 fully saturated rings. The zero-order valence-corrected chi connectivity index (χ0v) is 17.3. The van der Waals surface area contributed by atoms with E-state index in [4.69, 9.17) is 5.11 Å². The van der Waals surface area contributed by atoms with Gasteiger partial charge >= 0.3 is 5.95 Å². The lowest BCUT2D eigenvalue weighted by Crippen LogP contribution is -2.40. The Hall–Kier alpha value is -2.66. The summed E-state index contributed by atoms with van der Waals surface area (Å²) in [6.07, 6.45) is 7.44. The largest absolute Gasteiger partial charge is 0.393 e. The van der Waals surface area contributed by atoms with Gasteiger partial charge in [0.25, 0.3) is 0 Å². The van der Waals surface area contributed by atoms with E-state index in [0.717, 1.165) is 29.0 Å². The first-order valence-electron chi connectivity index (χ1n) is 10.7. The summed E-state index contributed by atoms with van der Waals surface area (Å²) in [6.45, 7) is 2.93. The third-order valence-electron chi connectivity index (χ3n) is 5.27. The number of aliphatic hydroxyl groups excluding tert-OH is 1. The molecule has 0 radical (unpaired) electrons. The maximum atomic E-state index is 12.9. The van der Waals surface area contributed by atoms with Crippen LogP contribution in [0.1, 0.15) is 54.9 Å². The average molecular weight is 395 g/mol. The van der Waals surface area contributed by atoms with Crippen molar-refractivity contribution >= 4 is 22.8 Å². The summed E-state index contributed by atoms with van der Waals surface area (Å²) in [7, 11) is 0. The smallest absolute Gasteiger partial charge is 0.356 e. The molecule has 2 aromatic carbocycles. The van der Waals surface area contributed by atoms with Crippen molar-refractivity contribution in [2.45, 2.75) is 52.0 Å². The Kier molecular flexibility index (Phi) is 7.82. The number of rotatable bonds is 12. The van der Waals surface area contributed by atoms with E-state index >= 15 is 0 Å². The predicted molar refractivity (Wildman–Crippen MR) is 117 cm³/mol. The van der Waals surface area contributed by atoms with Gasteiger partial charge in [0.05, 0.1) is 13.2 Å². The molecule has 0 saturated heterocycles. The Bertz CT molecular complexity index is 916. The summed E-state index contributed by atoms with van der Waals surface area (Å²) in [5, 5.41) is 12.3. The van der Waals surface area contributed by atoms with Crippen LogP contribution in [0.4, 0.5) is 5.95 Å².